The van der Waals surface area contributed by atoms with Gasteiger partial charge >= 0.3 is 0 Å². The van der Waals surface area contributed by atoms with Crippen molar-refractivity contribution in [2.75, 3.05) is 0 Å². The zero-order valence-electron chi connectivity index (χ0n) is 10.2. The summed E-state index contributed by atoms with van der Waals surface area (Å²) in [5.74, 6) is 1.06. The number of phenolic OH excluding ortho intramolecular Hbond substituents is 1. The molecule has 0 bridgehead atoms. The van der Waals surface area contributed by atoms with Crippen LogP contribution in [0.25, 0.3) is 0 Å². The number of para-hydroxylation sites is 1. The first-order valence-corrected chi connectivity index (χ1v) is 5.89. The summed E-state index contributed by atoms with van der Waals surface area (Å²) >= 11 is 0. The van der Waals surface area contributed by atoms with Crippen molar-refractivity contribution in [2.24, 2.45) is 0 Å². The third kappa shape index (κ3) is 3.14. The molecule has 1 N–H and O–H groups in total. The number of phenols is 1. The van der Waals surface area contributed by atoms with Gasteiger partial charge in [0.25, 0.3) is 0 Å². The highest BCUT2D eigenvalue weighted by atomic mass is 16.5. The third-order valence-electron chi connectivity index (χ3n) is 2.69. The quantitative estimate of drug-likeness (QED) is 0.807. The average Bonchev–Trinajstić information content (AvgIpc) is 2.40. The Morgan fingerprint density at radius 2 is 1.78 bits per heavy atom. The van der Waals surface area contributed by atoms with Crippen molar-refractivity contribution in [3.63, 3.8) is 0 Å². The molecule has 2 heteroatoms. The maximum absolute atomic E-state index is 9.61. The van der Waals surface area contributed by atoms with Gasteiger partial charge in [-0.05, 0) is 30.2 Å². The minimum atomic E-state index is 0.265. The smallest absolute Gasteiger partial charge is 0.122 e. The molecule has 18 heavy (non-hydrogen) atoms. The number of hydrogen-bond donors (Lipinski definition) is 1. The number of hydrogen-bond acceptors (Lipinski definition) is 2. The minimum Gasteiger partial charge on any atom is -0.508 e. The van der Waals surface area contributed by atoms with Gasteiger partial charge in [-0.3, -0.25) is 0 Å². The molecule has 2 aromatic rings. The molecule has 2 nitrogen and oxygen atoms in total. The summed E-state index contributed by atoms with van der Waals surface area (Å²) in [7, 11) is 0. The normalized spacial score (nSPS) is 10.0. The van der Waals surface area contributed by atoms with Crippen molar-refractivity contribution >= 4 is 0 Å². The fraction of sp³-hybridized carbons (Fsp3) is 0.125. The second-order valence-corrected chi connectivity index (χ2v) is 4.05. The number of aromatic hydroxyl groups is 1. The largest absolute Gasteiger partial charge is 0.508 e. The number of ether oxygens (including phenoxy) is 1. The molecule has 92 valence electrons. The molecular formula is C16H16O2. The molecule has 0 aliphatic carbocycles. The van der Waals surface area contributed by atoms with E-state index in [-0.39, 0.29) is 5.75 Å². The lowest BCUT2D eigenvalue weighted by Gasteiger charge is -2.08. The fourth-order valence-corrected chi connectivity index (χ4v) is 1.68. The van der Waals surface area contributed by atoms with E-state index in [2.05, 4.69) is 6.58 Å². The van der Waals surface area contributed by atoms with Crippen LogP contribution in [0.2, 0.25) is 0 Å². The van der Waals surface area contributed by atoms with E-state index < -0.39 is 0 Å². The zero-order chi connectivity index (χ0) is 12.8. The Labute approximate surface area is 107 Å². The second-order valence-electron chi connectivity index (χ2n) is 4.05. The molecule has 0 atom stereocenters. The van der Waals surface area contributed by atoms with Crippen LogP contribution in [0.5, 0.6) is 11.5 Å². The fourth-order valence-electron chi connectivity index (χ4n) is 1.68. The minimum absolute atomic E-state index is 0.265. The molecular weight excluding hydrogens is 224 g/mol. The molecule has 0 heterocycles. The molecule has 0 saturated carbocycles. The molecule has 0 radical (unpaired) electrons. The van der Waals surface area contributed by atoms with E-state index in [0.717, 1.165) is 17.7 Å². The first-order valence-electron chi connectivity index (χ1n) is 5.89. The van der Waals surface area contributed by atoms with Gasteiger partial charge in [0.2, 0.25) is 0 Å². The van der Waals surface area contributed by atoms with Gasteiger partial charge in [0.1, 0.15) is 18.1 Å². The van der Waals surface area contributed by atoms with Crippen molar-refractivity contribution in [3.8, 4) is 11.5 Å². The summed E-state index contributed by atoms with van der Waals surface area (Å²) in [5.41, 5.74) is 1.99. The molecule has 0 aliphatic heterocycles. The highest BCUT2D eigenvalue weighted by Gasteiger charge is 2.00. The molecule has 0 saturated heterocycles. The lowest BCUT2D eigenvalue weighted by molar-refractivity contribution is 0.299. The lowest BCUT2D eigenvalue weighted by Crippen LogP contribution is -1.95. The summed E-state index contributed by atoms with van der Waals surface area (Å²) in [5, 5.41) is 9.61. The Morgan fingerprint density at radius 3 is 2.44 bits per heavy atom. The van der Waals surface area contributed by atoms with Gasteiger partial charge in [0.15, 0.2) is 0 Å². The van der Waals surface area contributed by atoms with Crippen LogP contribution in [0.15, 0.2) is 61.2 Å². The average molecular weight is 240 g/mol. The highest BCUT2D eigenvalue weighted by Crippen LogP contribution is 2.19. The zero-order valence-corrected chi connectivity index (χ0v) is 10.2. The van der Waals surface area contributed by atoms with Gasteiger partial charge in [-0.15, -0.1) is 6.58 Å². The molecule has 0 amide bonds. The van der Waals surface area contributed by atoms with Crippen LogP contribution in [0.3, 0.4) is 0 Å². The Hall–Kier alpha value is -2.22. The van der Waals surface area contributed by atoms with Crippen molar-refractivity contribution in [2.45, 2.75) is 13.0 Å². The van der Waals surface area contributed by atoms with Crippen molar-refractivity contribution in [1.82, 2.24) is 0 Å². The second kappa shape index (κ2) is 5.92. The third-order valence-corrected chi connectivity index (χ3v) is 2.69. The van der Waals surface area contributed by atoms with E-state index in [1.807, 2.05) is 42.5 Å². The predicted molar refractivity (Wildman–Crippen MR) is 72.8 cm³/mol. The maximum Gasteiger partial charge on any atom is 0.122 e. The van der Waals surface area contributed by atoms with Gasteiger partial charge in [-0.25, -0.2) is 0 Å². The Morgan fingerprint density at radius 1 is 1.06 bits per heavy atom. The first-order chi connectivity index (χ1) is 8.79. The monoisotopic (exact) mass is 240 g/mol. The lowest BCUT2D eigenvalue weighted by atomic mass is 10.1. The Balaban J connectivity index is 1.98. The van der Waals surface area contributed by atoms with Crippen LogP contribution >= 0.6 is 0 Å². The molecule has 0 aromatic heterocycles. The molecule has 0 spiro atoms. The Bertz CT molecular complexity index is 515. The standard InChI is InChI=1S/C16H16O2/c1-2-5-13-8-10-15(11-9-13)18-12-14-6-3-4-7-16(14)17/h2-4,6-11,17H,1,5,12H2. The van der Waals surface area contributed by atoms with Crippen LogP contribution in [-0.4, -0.2) is 5.11 Å². The summed E-state index contributed by atoms with van der Waals surface area (Å²) in [4.78, 5) is 0. The molecule has 0 aliphatic rings. The summed E-state index contributed by atoms with van der Waals surface area (Å²) < 4.78 is 5.62. The van der Waals surface area contributed by atoms with Crippen molar-refractivity contribution < 1.29 is 9.84 Å². The van der Waals surface area contributed by atoms with E-state index in [0.29, 0.717) is 6.61 Å². The SMILES string of the molecule is C=CCc1ccc(OCc2ccccc2O)cc1. The summed E-state index contributed by atoms with van der Waals surface area (Å²) in [6, 6.07) is 15.1. The maximum atomic E-state index is 9.61. The van der Waals surface area contributed by atoms with Crippen LogP contribution < -0.4 is 4.74 Å². The van der Waals surface area contributed by atoms with Crippen LogP contribution in [0.4, 0.5) is 0 Å². The topological polar surface area (TPSA) is 29.5 Å². The van der Waals surface area contributed by atoms with Crippen LogP contribution in [-0.2, 0) is 13.0 Å². The molecule has 0 unspecified atom stereocenters. The summed E-state index contributed by atoms with van der Waals surface area (Å²) in [6.07, 6.45) is 2.73. The van der Waals surface area contributed by atoms with Crippen molar-refractivity contribution in [1.29, 1.82) is 0 Å². The molecule has 0 fully saturated rings. The molecule has 2 aromatic carbocycles. The highest BCUT2D eigenvalue weighted by molar-refractivity contribution is 5.32. The number of benzene rings is 2. The van der Waals surface area contributed by atoms with E-state index in [9.17, 15) is 5.11 Å². The predicted octanol–water partition coefficient (Wildman–Crippen LogP) is 3.70. The number of rotatable bonds is 5. The van der Waals surface area contributed by atoms with Gasteiger partial charge < -0.3 is 9.84 Å². The van der Waals surface area contributed by atoms with E-state index in [1.54, 1.807) is 12.1 Å². The first kappa shape index (κ1) is 12.2. The van der Waals surface area contributed by atoms with Crippen molar-refractivity contribution in [3.05, 3.63) is 72.3 Å². The Kier molecular flexibility index (Phi) is 4.02. The van der Waals surface area contributed by atoms with E-state index in [1.165, 1.54) is 5.56 Å². The van der Waals surface area contributed by atoms with Crippen LogP contribution in [0.1, 0.15) is 11.1 Å². The van der Waals surface area contributed by atoms with E-state index in [4.69, 9.17) is 4.74 Å². The summed E-state index contributed by atoms with van der Waals surface area (Å²) in [6.45, 7) is 4.07. The van der Waals surface area contributed by atoms with Crippen LogP contribution in [0, 0.1) is 0 Å². The van der Waals surface area contributed by atoms with E-state index >= 15 is 0 Å². The van der Waals surface area contributed by atoms with Gasteiger partial charge in [-0.2, -0.15) is 0 Å². The number of allylic oxidation sites excluding steroid dienone is 1. The van der Waals surface area contributed by atoms with Gasteiger partial charge in [0.05, 0.1) is 0 Å². The van der Waals surface area contributed by atoms with Gasteiger partial charge in [0, 0.05) is 5.56 Å². The molecule has 2 rings (SSSR count). The van der Waals surface area contributed by atoms with Gasteiger partial charge in [-0.1, -0.05) is 36.4 Å².